The van der Waals surface area contributed by atoms with Crippen molar-refractivity contribution in [2.75, 3.05) is 26.0 Å². The van der Waals surface area contributed by atoms with Crippen molar-refractivity contribution < 1.29 is 14.6 Å². The Morgan fingerprint density at radius 1 is 1.56 bits per heavy atom. The van der Waals surface area contributed by atoms with E-state index in [2.05, 4.69) is 5.32 Å². The van der Waals surface area contributed by atoms with Gasteiger partial charge in [0.25, 0.3) is 0 Å². The lowest BCUT2D eigenvalue weighted by Crippen LogP contribution is -2.24. The molecule has 0 heterocycles. The topological polar surface area (TPSA) is 84.6 Å². The molecule has 0 radical (unpaired) electrons. The van der Waals surface area contributed by atoms with Crippen molar-refractivity contribution in [3.8, 4) is 5.75 Å². The van der Waals surface area contributed by atoms with Crippen LogP contribution >= 0.6 is 12.4 Å². The van der Waals surface area contributed by atoms with Gasteiger partial charge in [-0.1, -0.05) is 0 Å². The van der Waals surface area contributed by atoms with Crippen molar-refractivity contribution >= 4 is 30.1 Å². The van der Waals surface area contributed by atoms with Crippen molar-refractivity contribution in [2.24, 2.45) is 0 Å². The van der Waals surface area contributed by atoms with E-state index in [4.69, 9.17) is 10.5 Å². The summed E-state index contributed by atoms with van der Waals surface area (Å²) in [6.45, 7) is 0.908. The summed E-state index contributed by atoms with van der Waals surface area (Å²) >= 11 is 0. The molecule has 1 amide bonds. The third-order valence-electron chi connectivity index (χ3n) is 2.07. The van der Waals surface area contributed by atoms with Gasteiger partial charge in [0, 0.05) is 31.0 Å². The van der Waals surface area contributed by atoms with E-state index >= 15 is 0 Å². The molecule has 5 nitrogen and oxygen atoms in total. The normalized spacial score (nSPS) is 10.1. The highest BCUT2D eigenvalue weighted by Crippen LogP contribution is 2.20. The minimum atomic E-state index is -0.246. The van der Waals surface area contributed by atoms with Crippen molar-refractivity contribution in [3.05, 3.63) is 29.8 Å². The Morgan fingerprint density at radius 2 is 2.28 bits per heavy atom. The molecule has 18 heavy (non-hydrogen) atoms. The number of ether oxygens (including phenoxy) is 1. The molecule has 0 bridgehead atoms. The second kappa shape index (κ2) is 8.38. The van der Waals surface area contributed by atoms with E-state index in [-0.39, 0.29) is 24.1 Å². The van der Waals surface area contributed by atoms with Crippen molar-refractivity contribution in [1.82, 2.24) is 5.32 Å². The number of benzene rings is 1. The second-order valence-corrected chi connectivity index (χ2v) is 3.44. The molecule has 100 valence electrons. The van der Waals surface area contributed by atoms with Crippen LogP contribution in [-0.2, 0) is 9.53 Å². The molecule has 0 aliphatic rings. The number of hydrogen-bond donors (Lipinski definition) is 3. The van der Waals surface area contributed by atoms with Crippen molar-refractivity contribution in [2.45, 2.75) is 0 Å². The number of nitrogens with two attached hydrogens (primary N) is 1. The number of hydrogen-bond acceptors (Lipinski definition) is 4. The molecule has 0 unspecified atom stereocenters. The number of rotatable bonds is 5. The predicted octanol–water partition coefficient (Wildman–Crippen LogP) is 1.17. The fourth-order valence-corrected chi connectivity index (χ4v) is 1.21. The molecule has 0 atom stereocenters. The number of anilines is 1. The molecule has 4 N–H and O–H groups in total. The molecule has 1 aromatic carbocycles. The van der Waals surface area contributed by atoms with Crippen LogP contribution in [0, 0.1) is 0 Å². The van der Waals surface area contributed by atoms with Gasteiger partial charge in [-0.05, 0) is 24.3 Å². The molecule has 1 aromatic rings. The van der Waals surface area contributed by atoms with E-state index in [9.17, 15) is 9.90 Å². The van der Waals surface area contributed by atoms with Crippen molar-refractivity contribution in [3.63, 3.8) is 0 Å². The molecule has 1 rings (SSSR count). The molecule has 0 aromatic heterocycles. The largest absolute Gasteiger partial charge is 0.507 e. The van der Waals surface area contributed by atoms with E-state index in [1.807, 2.05) is 0 Å². The number of phenols is 1. The lowest BCUT2D eigenvalue weighted by molar-refractivity contribution is -0.116. The number of methoxy groups -OCH3 is 1. The molecule has 0 saturated carbocycles. The van der Waals surface area contributed by atoms with Gasteiger partial charge in [0.1, 0.15) is 5.75 Å². The van der Waals surface area contributed by atoms with Crippen LogP contribution in [0.3, 0.4) is 0 Å². The number of nitrogens with one attached hydrogen (secondary N) is 1. The first-order valence-corrected chi connectivity index (χ1v) is 5.17. The van der Waals surface area contributed by atoms with Gasteiger partial charge in [0.05, 0.1) is 6.61 Å². The van der Waals surface area contributed by atoms with Crippen LogP contribution in [-0.4, -0.2) is 31.3 Å². The first-order valence-electron chi connectivity index (χ1n) is 5.17. The maximum Gasteiger partial charge on any atom is 0.244 e. The minimum Gasteiger partial charge on any atom is -0.507 e. The number of amides is 1. The lowest BCUT2D eigenvalue weighted by atomic mass is 10.1. The molecule has 0 fully saturated rings. The standard InChI is InChI=1S/C12H16N2O3.ClH/c1-17-7-6-14-12(16)5-2-9-8-10(13)3-4-11(9)15;/h2-5,8,15H,6-7,13H2,1H3,(H,14,16);1H/b5-2+;. The van der Waals surface area contributed by atoms with Crippen LogP contribution in [0.1, 0.15) is 5.56 Å². The predicted molar refractivity (Wildman–Crippen MR) is 73.7 cm³/mol. The van der Waals surface area contributed by atoms with Crippen molar-refractivity contribution in [1.29, 1.82) is 0 Å². The summed E-state index contributed by atoms with van der Waals surface area (Å²) in [5.74, 6) is -0.163. The first-order chi connectivity index (χ1) is 8.13. The van der Waals surface area contributed by atoms with E-state index in [0.717, 1.165) is 0 Å². The van der Waals surface area contributed by atoms with Gasteiger partial charge >= 0.3 is 0 Å². The van der Waals surface area contributed by atoms with Crippen LogP contribution in [0.15, 0.2) is 24.3 Å². The van der Waals surface area contributed by atoms with Crippen LogP contribution in [0.5, 0.6) is 5.75 Å². The molecule has 0 aliphatic heterocycles. The summed E-state index contributed by atoms with van der Waals surface area (Å²) < 4.78 is 4.79. The Balaban J connectivity index is 0.00000289. The van der Waals surface area contributed by atoms with Crippen LogP contribution in [0.25, 0.3) is 6.08 Å². The quantitative estimate of drug-likeness (QED) is 0.325. The monoisotopic (exact) mass is 272 g/mol. The fraction of sp³-hybridized carbons (Fsp3) is 0.250. The molecule has 6 heteroatoms. The van der Waals surface area contributed by atoms with Crippen LogP contribution < -0.4 is 11.1 Å². The highest BCUT2D eigenvalue weighted by Gasteiger charge is 1.99. The summed E-state index contributed by atoms with van der Waals surface area (Å²) in [6.07, 6.45) is 2.85. The van der Waals surface area contributed by atoms with Gasteiger partial charge in [0.2, 0.25) is 5.91 Å². The van der Waals surface area contributed by atoms with Gasteiger partial charge in [-0.25, -0.2) is 0 Å². The number of carbonyl (C=O) groups excluding carboxylic acids is 1. The molecular weight excluding hydrogens is 256 g/mol. The highest BCUT2D eigenvalue weighted by molar-refractivity contribution is 5.92. The zero-order chi connectivity index (χ0) is 12.7. The van der Waals surface area contributed by atoms with E-state index in [1.165, 1.54) is 18.2 Å². The molecule has 0 saturated heterocycles. The van der Waals surface area contributed by atoms with Crippen LogP contribution in [0.2, 0.25) is 0 Å². The third-order valence-corrected chi connectivity index (χ3v) is 2.07. The average molecular weight is 273 g/mol. The molecule has 0 spiro atoms. The summed E-state index contributed by atoms with van der Waals surface area (Å²) in [6, 6.07) is 4.66. The Kier molecular flexibility index (Phi) is 7.58. The number of nitrogen functional groups attached to an aromatic ring is 1. The molecular formula is C12H17ClN2O3. The van der Waals surface area contributed by atoms with Gasteiger partial charge in [0.15, 0.2) is 0 Å². The SMILES string of the molecule is COCCNC(=O)/C=C/c1cc(N)ccc1O.Cl. The average Bonchev–Trinajstić information content (AvgIpc) is 2.31. The van der Waals surface area contributed by atoms with Gasteiger partial charge < -0.3 is 20.9 Å². The zero-order valence-electron chi connectivity index (χ0n) is 10.1. The maximum absolute atomic E-state index is 11.3. The number of halogens is 1. The summed E-state index contributed by atoms with van der Waals surface area (Å²) in [4.78, 5) is 11.3. The fourth-order valence-electron chi connectivity index (χ4n) is 1.21. The highest BCUT2D eigenvalue weighted by atomic mass is 35.5. The smallest absolute Gasteiger partial charge is 0.244 e. The Labute approximate surface area is 112 Å². The Morgan fingerprint density at radius 3 is 2.94 bits per heavy atom. The van der Waals surface area contributed by atoms with E-state index in [1.54, 1.807) is 19.2 Å². The first kappa shape index (κ1) is 16.3. The second-order valence-electron chi connectivity index (χ2n) is 3.44. The number of phenolic OH excluding ortho intramolecular Hbond substituents is 1. The van der Waals surface area contributed by atoms with Gasteiger partial charge in [-0.15, -0.1) is 12.4 Å². The lowest BCUT2D eigenvalue weighted by Gasteiger charge is -2.01. The Bertz CT molecular complexity index is 422. The summed E-state index contributed by atoms with van der Waals surface area (Å²) in [5.41, 5.74) is 6.61. The van der Waals surface area contributed by atoms with Gasteiger partial charge in [-0.3, -0.25) is 4.79 Å². The van der Waals surface area contributed by atoms with E-state index in [0.29, 0.717) is 24.4 Å². The summed E-state index contributed by atoms with van der Waals surface area (Å²) in [5, 5.41) is 12.1. The Hall–Kier alpha value is -1.72. The van der Waals surface area contributed by atoms with Crippen LogP contribution in [0.4, 0.5) is 5.69 Å². The minimum absolute atomic E-state index is 0. The maximum atomic E-state index is 11.3. The third kappa shape index (κ3) is 5.56. The van der Waals surface area contributed by atoms with E-state index < -0.39 is 0 Å². The van der Waals surface area contributed by atoms with Gasteiger partial charge in [-0.2, -0.15) is 0 Å². The zero-order valence-corrected chi connectivity index (χ0v) is 10.9. The number of carbonyl (C=O) groups is 1. The summed E-state index contributed by atoms with van der Waals surface area (Å²) in [7, 11) is 1.56. The molecule has 0 aliphatic carbocycles. The number of aromatic hydroxyl groups is 1.